The smallest absolute Gasteiger partial charge is 0.251 e. The van der Waals surface area contributed by atoms with Gasteiger partial charge in [-0.3, -0.25) is 4.79 Å². The highest BCUT2D eigenvalue weighted by atomic mass is 32.2. The summed E-state index contributed by atoms with van der Waals surface area (Å²) in [5.41, 5.74) is 0.413. The van der Waals surface area contributed by atoms with E-state index in [1.807, 2.05) is 13.8 Å². The number of sulfonamides is 1. The molecule has 8 heteroatoms. The normalized spacial score (nSPS) is 13.3. The minimum atomic E-state index is -3.36. The van der Waals surface area contributed by atoms with Gasteiger partial charge in [0.05, 0.1) is 5.75 Å². The highest BCUT2D eigenvalue weighted by Gasteiger charge is 2.21. The van der Waals surface area contributed by atoms with Crippen molar-refractivity contribution in [2.24, 2.45) is 0 Å². The molecule has 1 aromatic carbocycles. The molecule has 7 nitrogen and oxygen atoms in total. The van der Waals surface area contributed by atoms with Crippen molar-refractivity contribution in [3.63, 3.8) is 0 Å². The quantitative estimate of drug-likeness (QED) is 0.726. The summed E-state index contributed by atoms with van der Waals surface area (Å²) < 4.78 is 36.5. The number of fused-ring (bicyclic) bond motifs is 1. The maximum atomic E-state index is 12.3. The van der Waals surface area contributed by atoms with Gasteiger partial charge >= 0.3 is 0 Å². The van der Waals surface area contributed by atoms with Crippen LogP contribution < -0.4 is 14.8 Å². The molecular formula is C16H24N2O5S. The van der Waals surface area contributed by atoms with E-state index in [2.05, 4.69) is 5.32 Å². The van der Waals surface area contributed by atoms with Crippen LogP contribution in [0.4, 0.5) is 0 Å². The Labute approximate surface area is 143 Å². The zero-order valence-corrected chi connectivity index (χ0v) is 14.9. The molecule has 2 rings (SSSR count). The molecule has 134 valence electrons. The number of hydrogen-bond acceptors (Lipinski definition) is 5. The van der Waals surface area contributed by atoms with Crippen molar-refractivity contribution < 1.29 is 22.7 Å². The van der Waals surface area contributed by atoms with Crippen molar-refractivity contribution in [1.29, 1.82) is 0 Å². The summed E-state index contributed by atoms with van der Waals surface area (Å²) in [7, 11) is -3.36. The van der Waals surface area contributed by atoms with Gasteiger partial charge < -0.3 is 14.8 Å². The first-order chi connectivity index (χ1) is 11.5. The van der Waals surface area contributed by atoms with Gasteiger partial charge in [-0.1, -0.05) is 13.8 Å². The number of hydrogen-bond donors (Lipinski definition) is 1. The molecule has 0 unspecified atom stereocenters. The zero-order valence-electron chi connectivity index (χ0n) is 14.1. The van der Waals surface area contributed by atoms with E-state index in [0.29, 0.717) is 30.2 Å². The molecule has 0 atom stereocenters. The van der Waals surface area contributed by atoms with Crippen molar-refractivity contribution in [2.45, 2.75) is 26.7 Å². The molecule has 1 N–H and O–H groups in total. The van der Waals surface area contributed by atoms with E-state index in [1.165, 1.54) is 4.31 Å². The van der Waals surface area contributed by atoms with E-state index in [-0.39, 0.29) is 25.0 Å². The Balaban J connectivity index is 1.89. The fourth-order valence-electron chi connectivity index (χ4n) is 2.45. The molecule has 0 saturated heterocycles. The lowest BCUT2D eigenvalue weighted by molar-refractivity contribution is 0.0955. The number of rotatable bonds is 9. The van der Waals surface area contributed by atoms with Gasteiger partial charge in [0.15, 0.2) is 11.5 Å². The first-order valence-electron chi connectivity index (χ1n) is 8.13. The Kier molecular flexibility index (Phi) is 6.44. The predicted octanol–water partition coefficient (Wildman–Crippen LogP) is 1.60. The number of benzene rings is 1. The third-order valence-corrected chi connectivity index (χ3v) is 5.49. The maximum absolute atomic E-state index is 12.3. The van der Waals surface area contributed by atoms with Crippen LogP contribution in [0.5, 0.6) is 11.5 Å². The van der Waals surface area contributed by atoms with Crippen molar-refractivity contribution in [3.05, 3.63) is 23.8 Å². The molecule has 0 radical (unpaired) electrons. The van der Waals surface area contributed by atoms with Crippen LogP contribution in [0.3, 0.4) is 0 Å². The molecular weight excluding hydrogens is 332 g/mol. The van der Waals surface area contributed by atoms with E-state index in [0.717, 1.165) is 12.8 Å². The summed E-state index contributed by atoms with van der Waals surface area (Å²) in [4.78, 5) is 12.1. The van der Waals surface area contributed by atoms with E-state index in [1.54, 1.807) is 18.2 Å². The summed E-state index contributed by atoms with van der Waals surface area (Å²) in [5, 5.41) is 2.64. The lowest BCUT2D eigenvalue weighted by Crippen LogP contribution is -2.38. The van der Waals surface area contributed by atoms with E-state index < -0.39 is 10.0 Å². The van der Waals surface area contributed by atoms with Crippen LogP contribution in [0.15, 0.2) is 18.2 Å². The Hall–Kier alpha value is -1.80. The van der Waals surface area contributed by atoms with Crippen LogP contribution in [0.1, 0.15) is 37.0 Å². The van der Waals surface area contributed by atoms with Gasteiger partial charge in [0.1, 0.15) is 0 Å². The second-order valence-electron chi connectivity index (χ2n) is 5.54. The van der Waals surface area contributed by atoms with Crippen molar-refractivity contribution >= 4 is 15.9 Å². The third kappa shape index (κ3) is 4.61. The second-order valence-corrected chi connectivity index (χ2v) is 7.63. The molecule has 1 aliphatic heterocycles. The van der Waals surface area contributed by atoms with Gasteiger partial charge in [0, 0.05) is 25.2 Å². The first kappa shape index (κ1) is 18.5. The number of carbonyl (C=O) groups excluding carboxylic acids is 1. The minimum Gasteiger partial charge on any atom is -0.454 e. The van der Waals surface area contributed by atoms with Gasteiger partial charge in [0.2, 0.25) is 16.8 Å². The van der Waals surface area contributed by atoms with Gasteiger partial charge in [-0.25, -0.2) is 12.7 Å². The Bertz CT molecular complexity index is 669. The molecule has 1 heterocycles. The monoisotopic (exact) mass is 356 g/mol. The first-order valence-corrected chi connectivity index (χ1v) is 9.74. The van der Waals surface area contributed by atoms with Crippen molar-refractivity contribution in [3.8, 4) is 11.5 Å². The van der Waals surface area contributed by atoms with Crippen LogP contribution in [-0.4, -0.2) is 50.8 Å². The van der Waals surface area contributed by atoms with E-state index in [9.17, 15) is 13.2 Å². The van der Waals surface area contributed by atoms with Crippen LogP contribution in [-0.2, 0) is 10.0 Å². The summed E-state index contributed by atoms with van der Waals surface area (Å²) in [6.45, 7) is 5.11. The fraction of sp³-hybridized carbons (Fsp3) is 0.562. The maximum Gasteiger partial charge on any atom is 0.251 e. The van der Waals surface area contributed by atoms with Gasteiger partial charge in [0.25, 0.3) is 5.91 Å². The molecule has 0 aromatic heterocycles. The third-order valence-electron chi connectivity index (χ3n) is 3.62. The Morgan fingerprint density at radius 3 is 2.50 bits per heavy atom. The number of nitrogens with zero attached hydrogens (tertiary/aromatic N) is 1. The molecule has 0 saturated carbocycles. The number of nitrogens with one attached hydrogen (secondary N) is 1. The minimum absolute atomic E-state index is 0.0690. The zero-order chi connectivity index (χ0) is 17.6. The highest BCUT2D eigenvalue weighted by Crippen LogP contribution is 2.32. The van der Waals surface area contributed by atoms with E-state index >= 15 is 0 Å². The SMILES string of the molecule is CCCN(CCC)S(=O)(=O)CCNC(=O)c1ccc2c(c1)OCO2. The molecule has 1 aromatic rings. The Morgan fingerprint density at radius 1 is 1.17 bits per heavy atom. The van der Waals surface area contributed by atoms with Crippen molar-refractivity contribution in [1.82, 2.24) is 9.62 Å². The van der Waals surface area contributed by atoms with Gasteiger partial charge in [-0.2, -0.15) is 0 Å². The molecule has 0 aliphatic carbocycles. The lowest BCUT2D eigenvalue weighted by Gasteiger charge is -2.21. The molecule has 1 aliphatic rings. The standard InChI is InChI=1S/C16H24N2O5S/c1-3-8-18(9-4-2)24(20,21)10-7-17-16(19)13-5-6-14-15(11-13)23-12-22-14/h5-6,11H,3-4,7-10,12H2,1-2H3,(H,17,19). The summed E-state index contributed by atoms with van der Waals surface area (Å²) in [5.74, 6) is 0.681. The van der Waals surface area contributed by atoms with Crippen LogP contribution in [0.25, 0.3) is 0 Å². The molecule has 0 fully saturated rings. The Morgan fingerprint density at radius 2 is 1.83 bits per heavy atom. The number of amides is 1. The number of carbonyl (C=O) groups is 1. The second kappa shape index (κ2) is 8.34. The van der Waals surface area contributed by atoms with Gasteiger partial charge in [-0.05, 0) is 31.0 Å². The van der Waals surface area contributed by atoms with Gasteiger partial charge in [-0.15, -0.1) is 0 Å². The summed E-state index contributed by atoms with van der Waals surface area (Å²) in [6.07, 6.45) is 1.53. The molecule has 24 heavy (non-hydrogen) atoms. The number of ether oxygens (including phenoxy) is 2. The summed E-state index contributed by atoms with van der Waals surface area (Å²) in [6, 6.07) is 4.88. The molecule has 0 spiro atoms. The van der Waals surface area contributed by atoms with E-state index in [4.69, 9.17) is 9.47 Å². The van der Waals surface area contributed by atoms with Crippen LogP contribution >= 0.6 is 0 Å². The van der Waals surface area contributed by atoms with Crippen molar-refractivity contribution in [2.75, 3.05) is 32.2 Å². The largest absolute Gasteiger partial charge is 0.454 e. The van der Waals surface area contributed by atoms with Crippen LogP contribution in [0, 0.1) is 0 Å². The van der Waals surface area contributed by atoms with Crippen LogP contribution in [0.2, 0.25) is 0 Å². The average molecular weight is 356 g/mol. The molecule has 0 bridgehead atoms. The fourth-order valence-corrected chi connectivity index (χ4v) is 3.99. The highest BCUT2D eigenvalue weighted by molar-refractivity contribution is 7.89. The lowest BCUT2D eigenvalue weighted by atomic mass is 10.2. The summed E-state index contributed by atoms with van der Waals surface area (Å²) >= 11 is 0. The average Bonchev–Trinajstić information content (AvgIpc) is 3.02. The topological polar surface area (TPSA) is 84.9 Å². The molecule has 1 amide bonds. The predicted molar refractivity (Wildman–Crippen MR) is 90.8 cm³/mol.